The molecule has 21 heteroatoms. The Balaban J connectivity index is 0.977. The number of rotatable bonds is 17. The van der Waals surface area contributed by atoms with Gasteiger partial charge in [-0.15, -0.1) is 0 Å². The lowest BCUT2D eigenvalue weighted by Crippen LogP contribution is -2.50. The molecule has 0 saturated carbocycles. The van der Waals surface area contributed by atoms with Crippen LogP contribution in [0.25, 0.3) is 0 Å². The molecule has 75 heavy (non-hydrogen) atoms. The summed E-state index contributed by atoms with van der Waals surface area (Å²) < 4.78 is 60.3. The summed E-state index contributed by atoms with van der Waals surface area (Å²) in [5.41, 5.74) is 5.79. The molecule has 5 amide bonds. The SMILES string of the molecule is COc1cc2c(cc1OCc1cc(COc3cc4c(cc3OC)C(=O)N3c5ccccc5C[C@H]3C(S(=O)(=O)O)N4)cc(NC(=O)[C@H](C)NC(=O)[C@H](C)NC(=O)CCC(C)(C)S)c1)NC[C@@H]1Cc3ccccc3N1C2=O. The number of carbonyl (C=O) groups excluding carboxylic acids is 5. The zero-order chi connectivity index (χ0) is 53.5. The maximum absolute atomic E-state index is 14.3. The lowest BCUT2D eigenvalue weighted by Gasteiger charge is -2.27. The van der Waals surface area contributed by atoms with Crippen LogP contribution >= 0.6 is 12.6 Å². The molecular weight excluding hydrogens is 1000 g/mol. The van der Waals surface area contributed by atoms with Crippen LogP contribution in [0.3, 0.4) is 0 Å². The predicted molar refractivity (Wildman–Crippen MR) is 286 cm³/mol. The van der Waals surface area contributed by atoms with Gasteiger partial charge in [-0.3, -0.25) is 28.5 Å². The summed E-state index contributed by atoms with van der Waals surface area (Å²) in [6.45, 7) is 7.08. The fourth-order valence-electron chi connectivity index (χ4n) is 9.89. The zero-order valence-electron chi connectivity index (χ0n) is 42.2. The molecule has 0 aliphatic carbocycles. The molecule has 5 aromatic rings. The number of nitrogens with zero attached hydrogens (tertiary/aromatic N) is 2. The smallest absolute Gasteiger partial charge is 0.288 e. The van der Waals surface area contributed by atoms with Gasteiger partial charge in [0.15, 0.2) is 28.4 Å². The molecule has 19 nitrogen and oxygen atoms in total. The van der Waals surface area contributed by atoms with Crippen molar-refractivity contribution in [1.29, 1.82) is 0 Å². The summed E-state index contributed by atoms with van der Waals surface area (Å²) in [6.07, 6.45) is 1.54. The monoisotopic (exact) mass is 1060 g/mol. The van der Waals surface area contributed by atoms with Crippen LogP contribution in [0.5, 0.6) is 23.0 Å². The van der Waals surface area contributed by atoms with Crippen LogP contribution in [-0.4, -0.2) is 97.6 Å². The maximum atomic E-state index is 14.3. The number of methoxy groups -OCH3 is 2. The Kier molecular flexibility index (Phi) is 14.7. The molecule has 4 heterocycles. The molecule has 0 saturated heterocycles. The first kappa shape index (κ1) is 52.4. The van der Waals surface area contributed by atoms with E-state index in [2.05, 4.69) is 39.2 Å². The van der Waals surface area contributed by atoms with E-state index in [9.17, 15) is 36.9 Å². The quantitative estimate of drug-likeness (QED) is 0.0388. The topological polar surface area (TPSA) is 243 Å². The minimum absolute atomic E-state index is 0.0676. The number of benzene rings is 5. The molecule has 9 rings (SSSR count). The van der Waals surface area contributed by atoms with Crippen molar-refractivity contribution < 1.29 is 55.9 Å². The molecule has 5 atom stereocenters. The number of nitrogens with one attached hydrogen (secondary N) is 5. The number of thiol groups is 1. The number of amides is 5. The van der Waals surface area contributed by atoms with Gasteiger partial charge in [-0.1, -0.05) is 50.2 Å². The van der Waals surface area contributed by atoms with Gasteiger partial charge in [0.1, 0.15) is 25.3 Å². The highest BCUT2D eigenvalue weighted by molar-refractivity contribution is 7.86. The van der Waals surface area contributed by atoms with Crippen LogP contribution < -0.4 is 55.3 Å². The molecule has 0 fully saturated rings. The number of carbonyl (C=O) groups is 5. The first-order chi connectivity index (χ1) is 35.7. The number of ether oxygens (including phenoxy) is 4. The molecule has 0 spiro atoms. The molecule has 5 aromatic carbocycles. The van der Waals surface area contributed by atoms with Crippen LogP contribution in [0.1, 0.15) is 83.5 Å². The number of para-hydroxylation sites is 2. The van der Waals surface area contributed by atoms with Crippen molar-refractivity contribution in [2.75, 3.05) is 46.5 Å². The summed E-state index contributed by atoms with van der Waals surface area (Å²) in [5.74, 6) is -1.22. The Bertz CT molecular complexity index is 3220. The molecular formula is C54H59N7O12S2. The minimum Gasteiger partial charge on any atom is -0.493 e. The largest absolute Gasteiger partial charge is 0.493 e. The summed E-state index contributed by atoms with van der Waals surface area (Å²) in [5, 5.41) is 13.0. The van der Waals surface area contributed by atoms with Gasteiger partial charge < -0.3 is 55.3 Å². The van der Waals surface area contributed by atoms with Crippen LogP contribution in [0.15, 0.2) is 91.0 Å². The number of hydrogen-bond donors (Lipinski definition) is 7. The Labute approximate surface area is 440 Å². The van der Waals surface area contributed by atoms with Crippen molar-refractivity contribution in [3.8, 4) is 23.0 Å². The normalized spacial score (nSPS) is 18.2. The van der Waals surface area contributed by atoms with Gasteiger partial charge >= 0.3 is 0 Å². The predicted octanol–water partition coefficient (Wildman–Crippen LogP) is 6.51. The molecule has 1 unspecified atom stereocenters. The van der Waals surface area contributed by atoms with Gasteiger partial charge in [0, 0.05) is 46.9 Å². The molecule has 6 N–H and O–H groups in total. The van der Waals surface area contributed by atoms with Crippen LogP contribution in [-0.2, 0) is 50.6 Å². The van der Waals surface area contributed by atoms with E-state index < -0.39 is 51.3 Å². The van der Waals surface area contributed by atoms with Gasteiger partial charge in [-0.05, 0) is 97.8 Å². The van der Waals surface area contributed by atoms with E-state index in [1.54, 1.807) is 54.6 Å². The lowest BCUT2D eigenvalue weighted by atomic mass is 10.1. The van der Waals surface area contributed by atoms with Crippen LogP contribution in [0.4, 0.5) is 28.4 Å². The fourth-order valence-corrected chi connectivity index (χ4v) is 10.9. The van der Waals surface area contributed by atoms with Crippen molar-refractivity contribution in [2.45, 2.75) is 101 Å². The minimum atomic E-state index is -4.77. The Morgan fingerprint density at radius 2 is 1.29 bits per heavy atom. The zero-order valence-corrected chi connectivity index (χ0v) is 43.9. The van der Waals surface area contributed by atoms with Gasteiger partial charge in [-0.25, -0.2) is 0 Å². The fraction of sp³-hybridized carbons (Fsp3) is 0.352. The van der Waals surface area contributed by atoms with E-state index in [-0.39, 0.29) is 71.4 Å². The van der Waals surface area contributed by atoms with Crippen LogP contribution in [0, 0.1) is 0 Å². The third kappa shape index (κ3) is 11.2. The van der Waals surface area contributed by atoms with Crippen molar-refractivity contribution in [1.82, 2.24) is 10.6 Å². The first-order valence-electron chi connectivity index (χ1n) is 24.4. The first-order valence-corrected chi connectivity index (χ1v) is 26.4. The molecule has 0 aromatic heterocycles. The molecule has 0 bridgehead atoms. The third-order valence-electron chi connectivity index (χ3n) is 13.7. The average Bonchev–Trinajstić information content (AvgIpc) is 3.88. The van der Waals surface area contributed by atoms with E-state index in [4.69, 9.17) is 18.9 Å². The average molecular weight is 1060 g/mol. The lowest BCUT2D eigenvalue weighted by molar-refractivity contribution is -0.130. The number of hydrogen-bond acceptors (Lipinski definition) is 14. The molecule has 394 valence electrons. The summed E-state index contributed by atoms with van der Waals surface area (Å²) >= 11 is 4.46. The highest BCUT2D eigenvalue weighted by atomic mass is 32.2. The Hall–Kier alpha value is -7.49. The van der Waals surface area contributed by atoms with Crippen molar-refractivity contribution >= 4 is 80.7 Å². The van der Waals surface area contributed by atoms with Crippen molar-refractivity contribution in [3.63, 3.8) is 0 Å². The second-order valence-corrected chi connectivity index (χ2v) is 22.5. The molecule has 4 aliphatic rings. The summed E-state index contributed by atoms with van der Waals surface area (Å²) in [6, 6.07) is 23.3. The number of anilines is 5. The summed E-state index contributed by atoms with van der Waals surface area (Å²) in [7, 11) is -1.89. The standard InChI is InChI=1S/C54H59N7O12S2/c1-29(56-48(62)15-16-54(3,4)74)49(63)57-30(2)50(64)58-35-18-31(27-72-46-24-39-37(22-44(46)70-5)52(65)60-36(26-55-39)20-33-11-7-9-13-41(33)60)17-32(19-35)28-73-47-25-40-38(23-45(47)71-6)53(66)61-42-14-10-8-12-34(42)21-43(61)51(59-40)75(67,68)69/h7-14,17-19,22-25,29-30,36,43,51,55,59,74H,15-16,20-21,26-28H2,1-6H3,(H,56,62)(H,57,63)(H,58,64)(H,67,68,69)/t29-,30-,36-,43-,51?/m0/s1. The van der Waals surface area contributed by atoms with Crippen molar-refractivity contribution in [3.05, 3.63) is 124 Å². The van der Waals surface area contributed by atoms with E-state index in [0.717, 1.165) is 16.8 Å². The van der Waals surface area contributed by atoms with E-state index in [1.165, 1.54) is 45.1 Å². The number of fused-ring (bicyclic) bond motifs is 8. The molecule has 0 radical (unpaired) electrons. The van der Waals surface area contributed by atoms with E-state index >= 15 is 0 Å². The third-order valence-corrected chi connectivity index (χ3v) is 15.0. The Morgan fingerprint density at radius 1 is 0.747 bits per heavy atom. The van der Waals surface area contributed by atoms with Crippen LogP contribution in [0.2, 0.25) is 0 Å². The Morgan fingerprint density at radius 3 is 1.89 bits per heavy atom. The second kappa shape index (κ2) is 21.0. The van der Waals surface area contributed by atoms with Gasteiger partial charge in [0.25, 0.3) is 21.9 Å². The molecule has 4 aliphatic heterocycles. The van der Waals surface area contributed by atoms with Gasteiger partial charge in [0.2, 0.25) is 17.7 Å². The second-order valence-electron chi connectivity index (χ2n) is 19.7. The van der Waals surface area contributed by atoms with Gasteiger partial charge in [0.05, 0.1) is 48.8 Å². The van der Waals surface area contributed by atoms with Gasteiger partial charge in [-0.2, -0.15) is 21.0 Å². The van der Waals surface area contributed by atoms with E-state index in [1.807, 2.05) is 43.0 Å². The maximum Gasteiger partial charge on any atom is 0.288 e. The highest BCUT2D eigenvalue weighted by Gasteiger charge is 2.47. The summed E-state index contributed by atoms with van der Waals surface area (Å²) in [4.78, 5) is 71.1. The highest BCUT2D eigenvalue weighted by Crippen LogP contribution is 2.44. The van der Waals surface area contributed by atoms with Crippen molar-refractivity contribution in [2.24, 2.45) is 0 Å². The van der Waals surface area contributed by atoms with E-state index in [0.29, 0.717) is 64.6 Å².